The molecule has 4 rings (SSSR count). The summed E-state index contributed by atoms with van der Waals surface area (Å²) in [4.78, 5) is 27.7. The molecule has 1 fully saturated rings. The maximum atomic E-state index is 12.2. The molecular weight excluding hydrogens is 518 g/mol. The number of carbonyl (C=O) groups excluding carboxylic acids is 2. The Labute approximate surface area is 232 Å². The number of nitrogens with one attached hydrogen (secondary N) is 1. The topological polar surface area (TPSA) is 112 Å². The van der Waals surface area contributed by atoms with Crippen LogP contribution in [0.25, 0.3) is 0 Å². The molecule has 0 radical (unpaired) electrons. The van der Waals surface area contributed by atoms with E-state index in [2.05, 4.69) is 17.2 Å². The van der Waals surface area contributed by atoms with Gasteiger partial charge < -0.3 is 29.2 Å². The summed E-state index contributed by atoms with van der Waals surface area (Å²) in [6, 6.07) is 15.5. The normalized spacial score (nSPS) is 21.8. The molecule has 1 amide bonds. The van der Waals surface area contributed by atoms with E-state index < -0.39 is 18.4 Å². The number of ether oxygens (including phenoxy) is 3. The molecule has 0 aliphatic carbocycles. The first kappa shape index (κ1) is 28.8. The minimum Gasteiger partial charge on any atom is -0.453 e. The highest BCUT2D eigenvalue weighted by atomic mass is 32.2. The van der Waals surface area contributed by atoms with Crippen LogP contribution in [0.4, 0.5) is 0 Å². The summed E-state index contributed by atoms with van der Waals surface area (Å²) in [6.45, 7) is 5.24. The van der Waals surface area contributed by atoms with Crippen LogP contribution in [0.2, 0.25) is 0 Å². The molecular formula is C29H35N3O6S. The molecule has 1 aliphatic rings. The van der Waals surface area contributed by atoms with Crippen LogP contribution in [-0.4, -0.2) is 44.5 Å². The molecule has 0 bridgehead atoms. The summed E-state index contributed by atoms with van der Waals surface area (Å²) in [7, 11) is 1.97. The van der Waals surface area contributed by atoms with Gasteiger partial charge >= 0.3 is 5.97 Å². The molecule has 208 valence electrons. The molecule has 1 saturated heterocycles. The highest BCUT2D eigenvalue weighted by Crippen LogP contribution is 2.42. The third kappa shape index (κ3) is 7.48. The summed E-state index contributed by atoms with van der Waals surface area (Å²) in [5.74, 6) is -0.0713. The van der Waals surface area contributed by atoms with Crippen LogP contribution < -0.4 is 5.32 Å². The van der Waals surface area contributed by atoms with Crippen molar-refractivity contribution in [3.05, 3.63) is 83.2 Å². The molecule has 5 atom stereocenters. The number of aliphatic hydroxyl groups excluding tert-OH is 1. The number of hydrogen-bond donors (Lipinski definition) is 2. The van der Waals surface area contributed by atoms with Crippen molar-refractivity contribution in [2.45, 2.75) is 63.7 Å². The molecule has 2 N–H and O–H groups in total. The summed E-state index contributed by atoms with van der Waals surface area (Å²) < 4.78 is 19.9. The number of thioether (sulfide) groups is 1. The molecule has 0 spiro atoms. The molecule has 0 unspecified atom stereocenters. The first-order valence-electron chi connectivity index (χ1n) is 12.9. The van der Waals surface area contributed by atoms with Gasteiger partial charge in [0.15, 0.2) is 17.6 Å². The summed E-state index contributed by atoms with van der Waals surface area (Å²) in [5, 5.41) is 13.2. The van der Waals surface area contributed by atoms with Crippen LogP contribution in [0.5, 0.6) is 0 Å². The molecule has 1 aromatic heterocycles. The van der Waals surface area contributed by atoms with Crippen LogP contribution in [0.15, 0.2) is 66.1 Å². The summed E-state index contributed by atoms with van der Waals surface area (Å²) >= 11 is 1.65. The van der Waals surface area contributed by atoms with Crippen molar-refractivity contribution >= 4 is 23.6 Å². The SMILES string of the molecule is CC(=O)O[C@@H](C)C(=O)NCc1ccc([C@@H]2O[C@H](CSc3nccn3C)[C@H](C)[C@H](c3ccc(CO)cc3)O2)cc1. The zero-order valence-corrected chi connectivity index (χ0v) is 23.4. The van der Waals surface area contributed by atoms with Gasteiger partial charge in [0.1, 0.15) is 0 Å². The third-order valence-electron chi connectivity index (χ3n) is 6.71. The Morgan fingerprint density at radius 1 is 1.10 bits per heavy atom. The van der Waals surface area contributed by atoms with Gasteiger partial charge in [-0.15, -0.1) is 0 Å². The number of aryl methyl sites for hydroxylation is 1. The number of aliphatic hydroxyl groups is 1. The van der Waals surface area contributed by atoms with Crippen LogP contribution in [-0.2, 0) is 44.0 Å². The number of imidazole rings is 1. The Kier molecular flexibility index (Phi) is 9.79. The average Bonchev–Trinajstić information content (AvgIpc) is 3.35. The van der Waals surface area contributed by atoms with Crippen molar-refractivity contribution in [1.29, 1.82) is 0 Å². The monoisotopic (exact) mass is 553 g/mol. The minimum absolute atomic E-state index is 0.00844. The molecule has 10 heteroatoms. The number of esters is 1. The van der Waals surface area contributed by atoms with Crippen LogP contribution in [0, 0.1) is 5.92 Å². The van der Waals surface area contributed by atoms with Crippen LogP contribution in [0.1, 0.15) is 55.4 Å². The summed E-state index contributed by atoms with van der Waals surface area (Å²) in [5.41, 5.74) is 3.64. The fourth-order valence-electron chi connectivity index (χ4n) is 4.39. The quantitative estimate of drug-likeness (QED) is 0.286. The lowest BCUT2D eigenvalue weighted by atomic mass is 9.91. The Morgan fingerprint density at radius 3 is 2.38 bits per heavy atom. The van der Waals surface area contributed by atoms with E-state index in [0.717, 1.165) is 27.4 Å². The predicted molar refractivity (Wildman–Crippen MR) is 146 cm³/mol. The highest BCUT2D eigenvalue weighted by molar-refractivity contribution is 7.99. The van der Waals surface area contributed by atoms with Gasteiger partial charge in [0.2, 0.25) is 0 Å². The Bertz CT molecular complexity index is 1250. The molecule has 9 nitrogen and oxygen atoms in total. The van der Waals surface area contributed by atoms with E-state index in [9.17, 15) is 14.7 Å². The van der Waals surface area contributed by atoms with Crippen LogP contribution in [0.3, 0.4) is 0 Å². The van der Waals surface area contributed by atoms with E-state index >= 15 is 0 Å². The fourth-order valence-corrected chi connectivity index (χ4v) is 5.48. The number of aromatic nitrogens is 2. The zero-order chi connectivity index (χ0) is 27.9. The van der Waals surface area contributed by atoms with Gasteiger partial charge in [-0.1, -0.05) is 67.2 Å². The van der Waals surface area contributed by atoms with Crippen molar-refractivity contribution < 1.29 is 28.9 Å². The second-order valence-electron chi connectivity index (χ2n) is 9.66. The lowest BCUT2D eigenvalue weighted by Crippen LogP contribution is -2.38. The predicted octanol–water partition coefficient (Wildman–Crippen LogP) is 4.06. The Hall–Kier alpha value is -3.18. The maximum absolute atomic E-state index is 12.2. The first-order chi connectivity index (χ1) is 18.7. The Balaban J connectivity index is 1.47. The molecule has 3 aromatic rings. The van der Waals surface area contributed by atoms with Gasteiger partial charge in [0.25, 0.3) is 5.91 Å². The number of amides is 1. The highest BCUT2D eigenvalue weighted by Gasteiger charge is 2.38. The standard InChI is InChI=1S/C29H35N3O6S/c1-18-25(17-39-29-30-13-14-32(29)4)37-28(38-26(18)23-9-7-22(16-33)8-10-23)24-11-5-21(6-12-24)15-31-27(35)19(2)36-20(3)34/h5-14,18-19,25-26,28,33H,15-17H2,1-4H3,(H,31,35)/t18-,19-,25+,26+,28+/m0/s1. The van der Waals surface area contributed by atoms with Gasteiger partial charge in [-0.3, -0.25) is 9.59 Å². The first-order valence-corrected chi connectivity index (χ1v) is 13.9. The molecule has 2 heterocycles. The van der Waals surface area contributed by atoms with Gasteiger partial charge in [-0.05, 0) is 23.6 Å². The lowest BCUT2D eigenvalue weighted by molar-refractivity contribution is -0.268. The molecule has 1 aliphatic heterocycles. The maximum Gasteiger partial charge on any atom is 0.303 e. The van der Waals surface area contributed by atoms with E-state index in [0.29, 0.717) is 12.3 Å². The van der Waals surface area contributed by atoms with E-state index in [1.165, 1.54) is 13.8 Å². The van der Waals surface area contributed by atoms with Gasteiger partial charge in [-0.25, -0.2) is 4.98 Å². The third-order valence-corrected chi connectivity index (χ3v) is 7.85. The van der Waals surface area contributed by atoms with Gasteiger partial charge in [-0.2, -0.15) is 0 Å². The molecule has 2 aromatic carbocycles. The van der Waals surface area contributed by atoms with Crippen molar-refractivity contribution in [1.82, 2.24) is 14.9 Å². The number of carbonyl (C=O) groups is 2. The fraction of sp³-hybridized carbons (Fsp3) is 0.414. The lowest BCUT2D eigenvalue weighted by Gasteiger charge is -2.41. The average molecular weight is 554 g/mol. The van der Waals surface area contributed by atoms with Gasteiger partial charge in [0, 0.05) is 50.1 Å². The minimum atomic E-state index is -0.850. The zero-order valence-electron chi connectivity index (χ0n) is 22.6. The molecule has 39 heavy (non-hydrogen) atoms. The van der Waals surface area contributed by atoms with Crippen molar-refractivity contribution in [3.8, 4) is 0 Å². The number of hydrogen-bond acceptors (Lipinski definition) is 8. The van der Waals surface area contributed by atoms with Crippen molar-refractivity contribution in [2.75, 3.05) is 5.75 Å². The second kappa shape index (κ2) is 13.3. The summed E-state index contributed by atoms with van der Waals surface area (Å²) in [6.07, 6.45) is 1.97. The van der Waals surface area contributed by atoms with Gasteiger partial charge in [0.05, 0.1) is 18.8 Å². The van der Waals surface area contributed by atoms with E-state index in [1.54, 1.807) is 18.0 Å². The largest absolute Gasteiger partial charge is 0.453 e. The number of benzene rings is 2. The molecule has 0 saturated carbocycles. The van der Waals surface area contributed by atoms with Crippen LogP contribution >= 0.6 is 11.8 Å². The van der Waals surface area contributed by atoms with E-state index in [1.807, 2.05) is 66.3 Å². The van der Waals surface area contributed by atoms with Crippen molar-refractivity contribution in [3.63, 3.8) is 0 Å². The van der Waals surface area contributed by atoms with Crippen molar-refractivity contribution in [2.24, 2.45) is 13.0 Å². The smallest absolute Gasteiger partial charge is 0.303 e. The van der Waals surface area contributed by atoms with E-state index in [-0.39, 0.29) is 30.6 Å². The Morgan fingerprint density at radius 2 is 1.77 bits per heavy atom. The van der Waals surface area contributed by atoms with E-state index in [4.69, 9.17) is 14.2 Å². The number of rotatable bonds is 10. The second-order valence-corrected chi connectivity index (χ2v) is 10.7. The number of nitrogens with zero attached hydrogens (tertiary/aromatic N) is 2.